The van der Waals surface area contributed by atoms with Crippen LogP contribution in [0.4, 0.5) is 10.1 Å². The van der Waals surface area contributed by atoms with Crippen molar-refractivity contribution >= 4 is 45.2 Å². The van der Waals surface area contributed by atoms with Crippen LogP contribution < -0.4 is 5.32 Å². The molecule has 0 saturated carbocycles. The second-order valence-electron chi connectivity index (χ2n) is 7.03. The summed E-state index contributed by atoms with van der Waals surface area (Å²) in [7, 11) is -4.07. The van der Waals surface area contributed by atoms with Gasteiger partial charge in [-0.15, -0.1) is 11.3 Å². The van der Waals surface area contributed by atoms with Crippen molar-refractivity contribution in [3.05, 3.63) is 46.3 Å². The summed E-state index contributed by atoms with van der Waals surface area (Å²) in [5, 5.41) is 11.4. The Balaban J connectivity index is 1.59. The highest BCUT2D eigenvalue weighted by molar-refractivity contribution is 7.89. The number of thiophene rings is 1. The van der Waals surface area contributed by atoms with Gasteiger partial charge in [0.2, 0.25) is 15.9 Å². The van der Waals surface area contributed by atoms with Gasteiger partial charge in [-0.2, -0.15) is 9.40 Å². The lowest BCUT2D eigenvalue weighted by atomic mass is 10.2. The average Bonchev–Trinajstić information content (AvgIpc) is 3.44. The predicted molar refractivity (Wildman–Crippen MR) is 120 cm³/mol. The fourth-order valence-electron chi connectivity index (χ4n) is 3.31. The van der Waals surface area contributed by atoms with Crippen LogP contribution in [0.5, 0.6) is 0 Å². The van der Waals surface area contributed by atoms with Gasteiger partial charge in [0.25, 0.3) is 0 Å². The topological polar surface area (TPSA) is 109 Å². The van der Waals surface area contributed by atoms with Crippen molar-refractivity contribution in [2.45, 2.75) is 17.9 Å². The number of hydrogen-bond donors (Lipinski definition) is 2. The lowest BCUT2D eigenvalue weighted by Gasteiger charge is -2.26. The van der Waals surface area contributed by atoms with Gasteiger partial charge in [-0.25, -0.2) is 12.8 Å². The first-order valence-corrected chi connectivity index (χ1v) is 12.4. The number of rotatable bonds is 6. The summed E-state index contributed by atoms with van der Waals surface area (Å²) in [5.41, 5.74) is 0.155. The van der Waals surface area contributed by atoms with Crippen molar-refractivity contribution < 1.29 is 22.3 Å². The van der Waals surface area contributed by atoms with Crippen LogP contribution in [0.2, 0.25) is 0 Å². The van der Waals surface area contributed by atoms with Crippen molar-refractivity contribution in [3.63, 3.8) is 0 Å². The Kier molecular flexibility index (Phi) is 6.53. The fourth-order valence-corrected chi connectivity index (χ4v) is 5.81. The van der Waals surface area contributed by atoms with Gasteiger partial charge in [-0.05, 0) is 48.8 Å². The molecule has 3 aromatic rings. The Morgan fingerprint density at radius 3 is 2.78 bits per heavy atom. The van der Waals surface area contributed by atoms with E-state index < -0.39 is 32.7 Å². The smallest absolute Gasteiger partial charge is 0.247 e. The minimum Gasteiger partial charge on any atom is -0.379 e. The summed E-state index contributed by atoms with van der Waals surface area (Å²) in [6.45, 7) is 2.41. The third kappa shape index (κ3) is 4.38. The minimum absolute atomic E-state index is 0.139. The van der Waals surface area contributed by atoms with Gasteiger partial charge < -0.3 is 10.1 Å². The lowest BCUT2D eigenvalue weighted by Crippen LogP contribution is -2.40. The van der Waals surface area contributed by atoms with Crippen LogP contribution >= 0.6 is 23.6 Å². The third-order valence-electron chi connectivity index (χ3n) is 5.00. The van der Waals surface area contributed by atoms with E-state index >= 15 is 0 Å². The molecule has 1 fully saturated rings. The Hall–Kier alpha value is -2.45. The summed E-state index contributed by atoms with van der Waals surface area (Å²) in [6, 6.07) is 6.42. The predicted octanol–water partition coefficient (Wildman–Crippen LogP) is 3.03. The van der Waals surface area contributed by atoms with Crippen LogP contribution in [0.25, 0.3) is 10.7 Å². The average molecular weight is 498 g/mol. The Labute approximate surface area is 192 Å². The second kappa shape index (κ2) is 9.19. The van der Waals surface area contributed by atoms with E-state index in [0.29, 0.717) is 5.82 Å². The number of morpholine rings is 1. The number of carbonyl (C=O) groups excluding carboxylic acids is 1. The first-order chi connectivity index (χ1) is 15.3. The van der Waals surface area contributed by atoms with E-state index in [2.05, 4.69) is 15.5 Å². The van der Waals surface area contributed by atoms with Gasteiger partial charge in [0, 0.05) is 18.8 Å². The molecule has 32 heavy (non-hydrogen) atoms. The monoisotopic (exact) mass is 497 g/mol. The molecule has 1 saturated heterocycles. The number of H-pyrrole nitrogens is 1. The van der Waals surface area contributed by atoms with Crippen LogP contribution in [0.1, 0.15) is 13.0 Å². The highest BCUT2D eigenvalue weighted by Gasteiger charge is 2.30. The SMILES string of the molecule is CC(C(=O)Nc1ccc(F)c(S(=O)(=O)N2CCOCC2)c1)n1c(-c2cccs2)n[nH]c1=S. The molecule has 0 radical (unpaired) electrons. The molecule has 2 aromatic heterocycles. The summed E-state index contributed by atoms with van der Waals surface area (Å²) >= 11 is 6.74. The lowest BCUT2D eigenvalue weighted by molar-refractivity contribution is -0.118. The van der Waals surface area contributed by atoms with Gasteiger partial charge in [0.15, 0.2) is 10.6 Å². The van der Waals surface area contributed by atoms with E-state index in [9.17, 15) is 17.6 Å². The highest BCUT2D eigenvalue weighted by atomic mass is 32.2. The van der Waals surface area contributed by atoms with Crippen molar-refractivity contribution in [1.82, 2.24) is 19.1 Å². The zero-order valence-electron chi connectivity index (χ0n) is 16.9. The molecule has 0 spiro atoms. The maximum atomic E-state index is 14.4. The molecule has 1 aromatic carbocycles. The van der Waals surface area contributed by atoms with Gasteiger partial charge in [0.1, 0.15) is 16.8 Å². The Bertz CT molecular complexity index is 1280. The number of hydrogen-bond acceptors (Lipinski definition) is 7. The number of sulfonamides is 1. The first-order valence-electron chi connectivity index (χ1n) is 9.68. The molecular formula is C19H20FN5O4S3. The highest BCUT2D eigenvalue weighted by Crippen LogP contribution is 2.27. The zero-order chi connectivity index (χ0) is 22.9. The van der Waals surface area contributed by atoms with Crippen LogP contribution in [-0.2, 0) is 19.6 Å². The minimum atomic E-state index is -4.07. The molecule has 0 bridgehead atoms. The van der Waals surface area contributed by atoms with Crippen LogP contribution in [-0.4, -0.2) is 59.7 Å². The number of nitrogens with zero attached hydrogens (tertiary/aromatic N) is 3. The number of anilines is 1. The number of amides is 1. The summed E-state index contributed by atoms with van der Waals surface area (Å²) in [6.07, 6.45) is 0. The van der Waals surface area contributed by atoms with Crippen molar-refractivity contribution in [3.8, 4) is 10.7 Å². The largest absolute Gasteiger partial charge is 0.379 e. The maximum absolute atomic E-state index is 14.4. The van der Waals surface area contributed by atoms with E-state index in [4.69, 9.17) is 17.0 Å². The number of ether oxygens (including phenoxy) is 1. The van der Waals surface area contributed by atoms with E-state index in [1.54, 1.807) is 11.5 Å². The summed E-state index contributed by atoms with van der Waals surface area (Å²) in [5.74, 6) is -0.830. The van der Waals surface area contributed by atoms with Gasteiger partial charge in [-0.1, -0.05) is 6.07 Å². The molecular weight excluding hydrogens is 477 g/mol. The first kappa shape index (κ1) is 22.7. The zero-order valence-corrected chi connectivity index (χ0v) is 19.4. The van der Waals surface area contributed by atoms with Crippen molar-refractivity contribution in [2.75, 3.05) is 31.6 Å². The number of carbonyl (C=O) groups is 1. The molecule has 0 aliphatic carbocycles. The molecule has 170 valence electrons. The number of halogens is 1. The second-order valence-corrected chi connectivity index (χ2v) is 10.3. The molecule has 2 N–H and O–H groups in total. The van der Waals surface area contributed by atoms with E-state index in [-0.39, 0.29) is 36.8 Å². The maximum Gasteiger partial charge on any atom is 0.247 e. The molecule has 9 nitrogen and oxygen atoms in total. The molecule has 3 heterocycles. The Morgan fingerprint density at radius 1 is 1.34 bits per heavy atom. The molecule has 1 aliphatic rings. The summed E-state index contributed by atoms with van der Waals surface area (Å²) < 4.78 is 48.4. The van der Waals surface area contributed by atoms with E-state index in [1.165, 1.54) is 21.7 Å². The number of aromatic nitrogens is 3. The van der Waals surface area contributed by atoms with Gasteiger partial charge in [0.05, 0.1) is 18.1 Å². The molecule has 1 unspecified atom stereocenters. The normalized spacial score (nSPS) is 16.1. The molecule has 1 amide bonds. The summed E-state index contributed by atoms with van der Waals surface area (Å²) in [4.78, 5) is 13.3. The number of aromatic amines is 1. The fraction of sp³-hybridized carbons (Fsp3) is 0.316. The molecule has 4 rings (SSSR count). The van der Waals surface area contributed by atoms with E-state index in [1.807, 2.05) is 17.5 Å². The van der Waals surface area contributed by atoms with Gasteiger partial charge >= 0.3 is 0 Å². The van der Waals surface area contributed by atoms with Crippen LogP contribution in [0, 0.1) is 10.6 Å². The molecule has 1 atom stereocenters. The third-order valence-corrected chi connectivity index (χ3v) is 8.07. The van der Waals surface area contributed by atoms with E-state index in [0.717, 1.165) is 17.0 Å². The Morgan fingerprint density at radius 2 is 2.09 bits per heavy atom. The van der Waals surface area contributed by atoms with Crippen molar-refractivity contribution in [2.24, 2.45) is 0 Å². The number of nitrogens with one attached hydrogen (secondary N) is 2. The number of benzene rings is 1. The molecule has 13 heteroatoms. The van der Waals surface area contributed by atoms with Crippen molar-refractivity contribution in [1.29, 1.82) is 0 Å². The van der Waals surface area contributed by atoms with Crippen LogP contribution in [0.3, 0.4) is 0 Å². The standard InChI is InChI=1S/C19H20FN5O4S3/c1-12(25-17(22-23-19(25)30)15-3-2-10-31-15)18(26)21-13-4-5-14(20)16(11-13)32(27,28)24-6-8-29-9-7-24/h2-5,10-12H,6-9H2,1H3,(H,21,26)(H,23,30). The van der Waals surface area contributed by atoms with Gasteiger partial charge in [-0.3, -0.25) is 14.5 Å². The molecule has 1 aliphatic heterocycles. The van der Waals surface area contributed by atoms with Crippen LogP contribution in [0.15, 0.2) is 40.6 Å². The quantitative estimate of drug-likeness (QED) is 0.507.